The number of anilines is 1. The van der Waals surface area contributed by atoms with Gasteiger partial charge < -0.3 is 21.2 Å². The van der Waals surface area contributed by atoms with Gasteiger partial charge in [0.1, 0.15) is 16.9 Å². The second-order valence-electron chi connectivity index (χ2n) is 8.54. The van der Waals surface area contributed by atoms with E-state index in [1.54, 1.807) is 17.0 Å². The number of hydrogen-bond donors (Lipinski definition) is 3. The molecule has 1 atom stereocenters. The average Bonchev–Trinajstić information content (AvgIpc) is 3.09. The summed E-state index contributed by atoms with van der Waals surface area (Å²) in [6.45, 7) is 5.84. The average molecular weight is 407 g/mol. The zero-order valence-corrected chi connectivity index (χ0v) is 17.2. The first-order valence-corrected chi connectivity index (χ1v) is 9.78. The summed E-state index contributed by atoms with van der Waals surface area (Å²) in [7, 11) is 0. The largest absolute Gasteiger partial charge is 0.444 e. The van der Waals surface area contributed by atoms with Gasteiger partial charge in [-0.15, -0.1) is 0 Å². The highest BCUT2D eigenvalue weighted by molar-refractivity contribution is 6.04. The fraction of sp³-hybridized carbons (Fsp3) is 0.318. The smallest absolute Gasteiger partial charge is 0.411 e. The van der Waals surface area contributed by atoms with Crippen LogP contribution in [-0.2, 0) is 17.7 Å². The Labute approximate surface area is 174 Å². The number of rotatable bonds is 2. The number of imidazole rings is 1. The summed E-state index contributed by atoms with van der Waals surface area (Å²) < 4.78 is 5.65. The number of ether oxygens (including phenoxy) is 1. The van der Waals surface area contributed by atoms with Crippen molar-refractivity contribution in [2.75, 3.05) is 5.73 Å². The molecule has 0 fully saturated rings. The molecule has 1 aromatic heterocycles. The third-order valence-corrected chi connectivity index (χ3v) is 5.10. The summed E-state index contributed by atoms with van der Waals surface area (Å²) >= 11 is 0. The van der Waals surface area contributed by atoms with Crippen molar-refractivity contribution in [3.8, 4) is 0 Å². The first-order chi connectivity index (χ1) is 14.1. The first kappa shape index (κ1) is 19.8. The summed E-state index contributed by atoms with van der Waals surface area (Å²) in [4.78, 5) is 34.4. The van der Waals surface area contributed by atoms with Gasteiger partial charge in [-0.25, -0.2) is 9.78 Å². The second-order valence-corrected chi connectivity index (χ2v) is 8.54. The fourth-order valence-electron chi connectivity index (χ4n) is 3.77. The molecule has 1 unspecified atom stereocenters. The van der Waals surface area contributed by atoms with E-state index in [1.807, 2.05) is 45.0 Å². The number of nitrogens with zero attached hydrogens (tertiary/aromatic N) is 2. The Morgan fingerprint density at radius 1 is 1.20 bits per heavy atom. The van der Waals surface area contributed by atoms with Gasteiger partial charge >= 0.3 is 6.09 Å². The van der Waals surface area contributed by atoms with E-state index < -0.39 is 17.6 Å². The lowest BCUT2D eigenvalue weighted by molar-refractivity contribution is 0.0107. The number of nitrogens with one attached hydrogen (secondary N) is 1. The second kappa shape index (κ2) is 7.05. The number of hydrogen-bond acceptors (Lipinski definition) is 5. The molecule has 0 spiro atoms. The Balaban J connectivity index is 1.79. The molecule has 8 heteroatoms. The normalized spacial score (nSPS) is 16.4. The standard InChI is InChI=1S/C22H25N5O3/c1-22(2,3)30-21(29)27-11-13-9-14(23)8-7-12(13)10-17(27)20-25-16-6-4-5-15(19(24)28)18(16)26-20/h4-9,17H,10-11,23H2,1-3H3,(H2,24,28)(H,25,26). The van der Waals surface area contributed by atoms with E-state index in [4.69, 9.17) is 16.2 Å². The number of carbonyl (C=O) groups is 2. The number of amides is 2. The van der Waals surface area contributed by atoms with E-state index in [9.17, 15) is 9.59 Å². The Kier molecular flexibility index (Phi) is 4.64. The molecule has 1 aliphatic rings. The predicted octanol–water partition coefficient (Wildman–Crippen LogP) is 3.28. The van der Waals surface area contributed by atoms with Crippen LogP contribution in [0.5, 0.6) is 0 Å². The summed E-state index contributed by atoms with van der Waals surface area (Å²) in [5, 5.41) is 0. The summed E-state index contributed by atoms with van der Waals surface area (Å²) in [5.41, 5.74) is 15.0. The Hall–Kier alpha value is -3.55. The van der Waals surface area contributed by atoms with Crippen LogP contribution < -0.4 is 11.5 Å². The Morgan fingerprint density at radius 3 is 2.67 bits per heavy atom. The van der Waals surface area contributed by atoms with E-state index in [0.717, 1.165) is 11.1 Å². The molecule has 2 heterocycles. The number of nitrogen functional groups attached to an aromatic ring is 1. The Morgan fingerprint density at radius 2 is 1.97 bits per heavy atom. The van der Waals surface area contributed by atoms with Gasteiger partial charge in [0.15, 0.2) is 0 Å². The maximum Gasteiger partial charge on any atom is 0.411 e. The number of para-hydroxylation sites is 1. The summed E-state index contributed by atoms with van der Waals surface area (Å²) in [6.07, 6.45) is 0.108. The van der Waals surface area contributed by atoms with Gasteiger partial charge in [0, 0.05) is 12.1 Å². The molecule has 0 saturated heterocycles. The molecule has 0 bridgehead atoms. The zero-order chi connectivity index (χ0) is 21.6. The molecule has 8 nitrogen and oxygen atoms in total. The summed E-state index contributed by atoms with van der Waals surface area (Å²) in [6, 6.07) is 10.5. The van der Waals surface area contributed by atoms with E-state index in [-0.39, 0.29) is 6.04 Å². The quantitative estimate of drug-likeness (QED) is 0.562. The highest BCUT2D eigenvalue weighted by Crippen LogP contribution is 2.35. The molecular formula is C22H25N5O3. The van der Waals surface area contributed by atoms with Crippen molar-refractivity contribution in [1.29, 1.82) is 0 Å². The van der Waals surface area contributed by atoms with Crippen molar-refractivity contribution in [3.05, 3.63) is 58.9 Å². The van der Waals surface area contributed by atoms with Gasteiger partial charge in [-0.1, -0.05) is 12.1 Å². The molecule has 0 aliphatic carbocycles. The molecule has 30 heavy (non-hydrogen) atoms. The highest BCUT2D eigenvalue weighted by atomic mass is 16.6. The van der Waals surface area contributed by atoms with Crippen LogP contribution >= 0.6 is 0 Å². The minimum absolute atomic E-state index is 0.336. The topological polar surface area (TPSA) is 127 Å². The number of aromatic amines is 1. The van der Waals surface area contributed by atoms with E-state index in [0.29, 0.717) is 41.1 Å². The van der Waals surface area contributed by atoms with Crippen LogP contribution in [-0.4, -0.2) is 32.5 Å². The molecule has 0 radical (unpaired) electrons. The van der Waals surface area contributed by atoms with E-state index in [1.165, 1.54) is 0 Å². The van der Waals surface area contributed by atoms with Crippen LogP contribution in [0.3, 0.4) is 0 Å². The molecule has 1 aliphatic heterocycles. The lowest BCUT2D eigenvalue weighted by atomic mass is 9.93. The molecular weight excluding hydrogens is 382 g/mol. The molecule has 156 valence electrons. The molecule has 2 amide bonds. The maximum absolute atomic E-state index is 13.0. The van der Waals surface area contributed by atoms with Gasteiger partial charge in [0.05, 0.1) is 23.7 Å². The van der Waals surface area contributed by atoms with Crippen LogP contribution in [0.1, 0.15) is 54.1 Å². The number of nitrogens with two attached hydrogens (primary N) is 2. The van der Waals surface area contributed by atoms with Gasteiger partial charge in [0.2, 0.25) is 0 Å². The fourth-order valence-corrected chi connectivity index (χ4v) is 3.77. The summed E-state index contributed by atoms with van der Waals surface area (Å²) in [5.74, 6) is 0.0270. The molecule has 0 saturated carbocycles. The van der Waals surface area contributed by atoms with Crippen molar-refractivity contribution in [2.24, 2.45) is 5.73 Å². The van der Waals surface area contributed by atoms with Gasteiger partial charge in [0.25, 0.3) is 5.91 Å². The van der Waals surface area contributed by atoms with Crippen LogP contribution in [0.25, 0.3) is 11.0 Å². The molecule has 4 rings (SSSR count). The minimum atomic E-state index is -0.634. The monoisotopic (exact) mass is 407 g/mol. The number of fused-ring (bicyclic) bond motifs is 2. The van der Waals surface area contributed by atoms with Gasteiger partial charge in [-0.3, -0.25) is 9.69 Å². The van der Waals surface area contributed by atoms with Crippen LogP contribution in [0.2, 0.25) is 0 Å². The van der Waals surface area contributed by atoms with Crippen molar-refractivity contribution in [3.63, 3.8) is 0 Å². The number of primary amides is 1. The van der Waals surface area contributed by atoms with Gasteiger partial charge in [-0.05, 0) is 56.2 Å². The lowest BCUT2D eigenvalue weighted by Crippen LogP contribution is -2.42. The highest BCUT2D eigenvalue weighted by Gasteiger charge is 2.35. The SMILES string of the molecule is CC(C)(C)OC(=O)N1Cc2cc(N)ccc2CC1c1nc2c(C(N)=O)cccc2[nH]1. The molecule has 3 aromatic rings. The number of carbonyl (C=O) groups excluding carboxylic acids is 2. The van der Waals surface area contributed by atoms with Crippen LogP contribution in [0.4, 0.5) is 10.5 Å². The van der Waals surface area contributed by atoms with E-state index >= 15 is 0 Å². The van der Waals surface area contributed by atoms with Crippen molar-refractivity contribution in [1.82, 2.24) is 14.9 Å². The number of H-pyrrole nitrogens is 1. The third kappa shape index (κ3) is 3.68. The number of benzene rings is 2. The van der Waals surface area contributed by atoms with Crippen LogP contribution in [0, 0.1) is 0 Å². The van der Waals surface area contributed by atoms with Crippen molar-refractivity contribution in [2.45, 2.75) is 45.4 Å². The molecule has 5 N–H and O–H groups in total. The predicted molar refractivity (Wildman–Crippen MR) is 114 cm³/mol. The minimum Gasteiger partial charge on any atom is -0.444 e. The molecule has 2 aromatic carbocycles. The lowest BCUT2D eigenvalue weighted by Gasteiger charge is -2.37. The van der Waals surface area contributed by atoms with Crippen molar-refractivity contribution < 1.29 is 14.3 Å². The maximum atomic E-state index is 13.0. The zero-order valence-electron chi connectivity index (χ0n) is 17.2. The Bertz CT molecular complexity index is 1150. The third-order valence-electron chi connectivity index (χ3n) is 5.10. The van der Waals surface area contributed by atoms with Crippen LogP contribution in [0.15, 0.2) is 36.4 Å². The van der Waals surface area contributed by atoms with E-state index in [2.05, 4.69) is 9.97 Å². The van der Waals surface area contributed by atoms with Gasteiger partial charge in [-0.2, -0.15) is 0 Å². The number of aromatic nitrogens is 2. The van der Waals surface area contributed by atoms with Crippen molar-refractivity contribution >= 4 is 28.7 Å². The first-order valence-electron chi connectivity index (χ1n) is 9.78.